The van der Waals surface area contributed by atoms with Crippen molar-refractivity contribution in [2.75, 3.05) is 0 Å². The summed E-state index contributed by atoms with van der Waals surface area (Å²) < 4.78 is 39.0. The summed E-state index contributed by atoms with van der Waals surface area (Å²) in [7, 11) is 1.63. The Labute approximate surface area is 122 Å². The van der Waals surface area contributed by atoms with E-state index in [9.17, 15) is 18.0 Å². The van der Waals surface area contributed by atoms with Crippen LogP contribution in [0.1, 0.15) is 5.56 Å². The lowest BCUT2D eigenvalue weighted by atomic mass is 10.1. The SMILES string of the molecule is Cn1ccc2nc(-c3ccc(C(F)(F)F)cn3)ccc2c1=O. The molecular weight excluding hydrogens is 295 g/mol. The number of alkyl halides is 3. The van der Waals surface area contributed by atoms with Gasteiger partial charge in [0.2, 0.25) is 0 Å². The second-order valence-corrected chi connectivity index (χ2v) is 4.79. The highest BCUT2D eigenvalue weighted by Crippen LogP contribution is 2.29. The molecule has 0 N–H and O–H groups in total. The third-order valence-corrected chi connectivity index (χ3v) is 3.28. The molecule has 0 atom stereocenters. The Bertz CT molecular complexity index is 899. The number of rotatable bonds is 1. The maximum atomic E-state index is 12.5. The number of aryl methyl sites for hydroxylation is 1. The third-order valence-electron chi connectivity index (χ3n) is 3.28. The van der Waals surface area contributed by atoms with Gasteiger partial charge in [-0.05, 0) is 30.3 Å². The first-order valence-corrected chi connectivity index (χ1v) is 6.36. The van der Waals surface area contributed by atoms with Crippen LogP contribution in [0.3, 0.4) is 0 Å². The molecule has 0 aromatic carbocycles. The van der Waals surface area contributed by atoms with Crippen LogP contribution in [0.4, 0.5) is 13.2 Å². The van der Waals surface area contributed by atoms with Crippen LogP contribution in [-0.4, -0.2) is 14.5 Å². The number of fused-ring (bicyclic) bond motifs is 1. The van der Waals surface area contributed by atoms with E-state index < -0.39 is 11.7 Å². The van der Waals surface area contributed by atoms with E-state index in [0.29, 0.717) is 22.3 Å². The molecule has 3 aromatic rings. The minimum absolute atomic E-state index is 0.183. The molecule has 0 aliphatic heterocycles. The number of aromatic nitrogens is 3. The Morgan fingerprint density at radius 3 is 2.41 bits per heavy atom. The Kier molecular flexibility index (Phi) is 3.20. The molecular formula is C15H10F3N3O. The van der Waals surface area contributed by atoms with Crippen molar-refractivity contribution < 1.29 is 13.2 Å². The Morgan fingerprint density at radius 1 is 1.05 bits per heavy atom. The molecule has 0 saturated carbocycles. The fourth-order valence-corrected chi connectivity index (χ4v) is 2.08. The second kappa shape index (κ2) is 4.94. The minimum Gasteiger partial charge on any atom is -0.318 e. The maximum absolute atomic E-state index is 12.5. The zero-order valence-corrected chi connectivity index (χ0v) is 11.4. The topological polar surface area (TPSA) is 47.8 Å². The zero-order chi connectivity index (χ0) is 15.9. The lowest BCUT2D eigenvalue weighted by Crippen LogP contribution is -2.15. The summed E-state index contributed by atoms with van der Waals surface area (Å²) in [6, 6.07) is 7.05. The quantitative estimate of drug-likeness (QED) is 0.694. The smallest absolute Gasteiger partial charge is 0.318 e. The van der Waals surface area contributed by atoms with Gasteiger partial charge in [-0.15, -0.1) is 0 Å². The van der Waals surface area contributed by atoms with Crippen molar-refractivity contribution in [1.29, 1.82) is 0 Å². The Hall–Kier alpha value is -2.70. The normalized spacial score (nSPS) is 11.8. The summed E-state index contributed by atoms with van der Waals surface area (Å²) >= 11 is 0. The van der Waals surface area contributed by atoms with E-state index in [1.54, 1.807) is 31.4 Å². The molecule has 112 valence electrons. The molecule has 0 spiro atoms. The van der Waals surface area contributed by atoms with E-state index in [1.807, 2.05) is 0 Å². The molecule has 3 rings (SSSR count). The summed E-state index contributed by atoms with van der Waals surface area (Å²) in [6.45, 7) is 0. The second-order valence-electron chi connectivity index (χ2n) is 4.79. The van der Waals surface area contributed by atoms with E-state index in [1.165, 1.54) is 10.6 Å². The van der Waals surface area contributed by atoms with Gasteiger partial charge in [0.15, 0.2) is 0 Å². The highest BCUT2D eigenvalue weighted by atomic mass is 19.4. The van der Waals surface area contributed by atoms with Gasteiger partial charge in [0, 0.05) is 19.4 Å². The molecule has 0 aliphatic carbocycles. The molecule has 3 heterocycles. The van der Waals surface area contributed by atoms with Crippen molar-refractivity contribution in [2.45, 2.75) is 6.18 Å². The van der Waals surface area contributed by atoms with Crippen LogP contribution in [0.5, 0.6) is 0 Å². The molecule has 7 heteroatoms. The summed E-state index contributed by atoms with van der Waals surface area (Å²) in [5.41, 5.74) is 0.204. The summed E-state index contributed by atoms with van der Waals surface area (Å²) in [4.78, 5) is 20.0. The fraction of sp³-hybridized carbons (Fsp3) is 0.133. The summed E-state index contributed by atoms with van der Waals surface area (Å²) in [5.74, 6) is 0. The summed E-state index contributed by atoms with van der Waals surface area (Å²) in [5, 5.41) is 0.445. The van der Waals surface area contributed by atoms with Crippen molar-refractivity contribution in [3.8, 4) is 11.4 Å². The lowest BCUT2D eigenvalue weighted by Gasteiger charge is -2.07. The number of nitrogens with zero attached hydrogens (tertiary/aromatic N) is 3. The predicted octanol–water partition coefficient (Wildman–Crippen LogP) is 3.01. The third kappa shape index (κ3) is 2.45. The number of halogens is 3. The molecule has 0 fully saturated rings. The van der Waals surface area contributed by atoms with Crippen LogP contribution in [0.2, 0.25) is 0 Å². The lowest BCUT2D eigenvalue weighted by molar-refractivity contribution is -0.137. The van der Waals surface area contributed by atoms with E-state index >= 15 is 0 Å². The highest BCUT2D eigenvalue weighted by molar-refractivity contribution is 5.80. The number of hydrogen-bond donors (Lipinski definition) is 0. The first-order chi connectivity index (χ1) is 10.4. The molecule has 0 saturated heterocycles. The molecule has 0 radical (unpaired) electrons. The first kappa shape index (κ1) is 14.2. The van der Waals surface area contributed by atoms with Crippen LogP contribution >= 0.6 is 0 Å². The van der Waals surface area contributed by atoms with Crippen molar-refractivity contribution in [2.24, 2.45) is 7.05 Å². The van der Waals surface area contributed by atoms with Crippen molar-refractivity contribution >= 4 is 10.9 Å². The van der Waals surface area contributed by atoms with Crippen molar-refractivity contribution in [3.05, 3.63) is 58.6 Å². The zero-order valence-electron chi connectivity index (χ0n) is 11.4. The average molecular weight is 305 g/mol. The van der Waals surface area contributed by atoms with Gasteiger partial charge in [-0.2, -0.15) is 13.2 Å². The largest absolute Gasteiger partial charge is 0.417 e. The van der Waals surface area contributed by atoms with E-state index in [2.05, 4.69) is 9.97 Å². The van der Waals surface area contributed by atoms with Gasteiger partial charge in [0.1, 0.15) is 0 Å². The molecule has 0 amide bonds. The van der Waals surface area contributed by atoms with Gasteiger partial charge >= 0.3 is 6.18 Å². The van der Waals surface area contributed by atoms with E-state index in [4.69, 9.17) is 0 Å². The number of pyridine rings is 3. The molecule has 0 aliphatic rings. The van der Waals surface area contributed by atoms with Crippen LogP contribution in [0.25, 0.3) is 22.3 Å². The number of hydrogen-bond acceptors (Lipinski definition) is 3. The monoisotopic (exact) mass is 305 g/mol. The van der Waals surface area contributed by atoms with E-state index in [0.717, 1.165) is 12.3 Å². The van der Waals surface area contributed by atoms with Gasteiger partial charge in [-0.1, -0.05) is 0 Å². The molecule has 3 aromatic heterocycles. The maximum Gasteiger partial charge on any atom is 0.417 e. The molecule has 0 bridgehead atoms. The Balaban J connectivity index is 2.07. The van der Waals surface area contributed by atoms with Gasteiger partial charge in [-0.3, -0.25) is 9.78 Å². The van der Waals surface area contributed by atoms with Gasteiger partial charge in [0.25, 0.3) is 5.56 Å². The minimum atomic E-state index is -4.42. The van der Waals surface area contributed by atoms with Crippen LogP contribution < -0.4 is 5.56 Å². The molecule has 0 unspecified atom stereocenters. The molecule has 22 heavy (non-hydrogen) atoms. The van der Waals surface area contributed by atoms with Crippen LogP contribution in [-0.2, 0) is 13.2 Å². The van der Waals surface area contributed by atoms with Gasteiger partial charge in [0.05, 0.1) is 27.9 Å². The van der Waals surface area contributed by atoms with Crippen molar-refractivity contribution in [3.63, 3.8) is 0 Å². The summed E-state index contributed by atoms with van der Waals surface area (Å²) in [6.07, 6.45) is -2.07. The molecule has 4 nitrogen and oxygen atoms in total. The van der Waals surface area contributed by atoms with E-state index in [-0.39, 0.29) is 5.56 Å². The van der Waals surface area contributed by atoms with Gasteiger partial charge in [-0.25, -0.2) is 4.98 Å². The first-order valence-electron chi connectivity index (χ1n) is 6.36. The highest BCUT2D eigenvalue weighted by Gasteiger charge is 2.30. The van der Waals surface area contributed by atoms with Crippen molar-refractivity contribution in [1.82, 2.24) is 14.5 Å². The van der Waals surface area contributed by atoms with Crippen LogP contribution in [0, 0.1) is 0 Å². The van der Waals surface area contributed by atoms with Gasteiger partial charge < -0.3 is 4.57 Å². The standard InChI is InChI=1S/C15H10F3N3O/c1-21-7-6-11-10(14(21)22)3-5-13(20-11)12-4-2-9(8-19-12)15(16,17)18/h2-8H,1H3. The average Bonchev–Trinajstić information content (AvgIpc) is 2.50. The Morgan fingerprint density at radius 2 is 1.77 bits per heavy atom. The van der Waals surface area contributed by atoms with Crippen LogP contribution in [0.15, 0.2) is 47.5 Å². The predicted molar refractivity (Wildman–Crippen MR) is 75.2 cm³/mol. The fourth-order valence-electron chi connectivity index (χ4n) is 2.08.